The molecule has 146 valence electrons. The van der Waals surface area contributed by atoms with E-state index in [0.29, 0.717) is 6.54 Å². The molecule has 0 saturated carbocycles. The number of benzene rings is 1. The number of anilines is 1. The van der Waals surface area contributed by atoms with E-state index in [1.165, 1.54) is 0 Å². The molecule has 2 aromatic rings. The number of hydrogen-bond donors (Lipinski definition) is 2. The molecular weight excluding hydrogens is 330 g/mol. The molecule has 0 atom stereocenters. The van der Waals surface area contributed by atoms with Gasteiger partial charge in [0, 0.05) is 17.8 Å². The zero-order chi connectivity index (χ0) is 20.7. The van der Waals surface area contributed by atoms with Crippen molar-refractivity contribution < 1.29 is 0 Å². The molecule has 1 heterocycles. The van der Waals surface area contributed by atoms with Gasteiger partial charge in [-0.25, -0.2) is 4.98 Å². The highest BCUT2D eigenvalue weighted by atomic mass is 14.9. The van der Waals surface area contributed by atoms with Gasteiger partial charge in [0.05, 0.1) is 10.7 Å². The van der Waals surface area contributed by atoms with Gasteiger partial charge in [0.25, 0.3) is 0 Å². The number of allylic oxidation sites excluding steroid dienone is 2. The number of hydrogen-bond acceptors (Lipinski definition) is 2. The topological polar surface area (TPSA) is 40.7 Å². The number of aromatic amines is 1. The Bertz CT molecular complexity index is 790. The van der Waals surface area contributed by atoms with E-state index >= 15 is 0 Å². The van der Waals surface area contributed by atoms with Crippen LogP contribution < -0.4 is 16.0 Å². The molecule has 0 amide bonds. The van der Waals surface area contributed by atoms with Crippen molar-refractivity contribution in [3.8, 4) is 11.4 Å². The van der Waals surface area contributed by atoms with E-state index in [1.54, 1.807) is 6.08 Å². The highest BCUT2D eigenvalue weighted by Crippen LogP contribution is 2.16. The minimum Gasteiger partial charge on any atom is -0.381 e. The van der Waals surface area contributed by atoms with E-state index in [-0.39, 0.29) is 0 Å². The van der Waals surface area contributed by atoms with Crippen LogP contribution >= 0.6 is 0 Å². The molecule has 0 spiro atoms. The lowest BCUT2D eigenvalue weighted by atomic mass is 10.2. The predicted octanol–water partition coefficient (Wildman–Crippen LogP) is 5.44. The third kappa shape index (κ3) is 7.95. The van der Waals surface area contributed by atoms with E-state index in [2.05, 4.69) is 40.6 Å². The lowest BCUT2D eigenvalue weighted by Crippen LogP contribution is -2.23. The SMILES string of the molecule is C=C/C=C\C(=C)CNc1ccc(-c2nc(=C/C)/c(=C\C)[nH]2)cc1.CC.CC. The fraction of sp³-hybridized carbons (Fsp3) is 0.292. The van der Waals surface area contributed by atoms with Gasteiger partial charge in [-0.05, 0) is 43.7 Å². The quantitative estimate of drug-likeness (QED) is 0.669. The van der Waals surface area contributed by atoms with Crippen LogP contribution in [0.5, 0.6) is 0 Å². The zero-order valence-corrected chi connectivity index (χ0v) is 17.8. The first kappa shape index (κ1) is 24.2. The number of H-pyrrole nitrogens is 1. The summed E-state index contributed by atoms with van der Waals surface area (Å²) < 4.78 is 0. The average Bonchev–Trinajstić information content (AvgIpc) is 3.17. The molecule has 2 rings (SSSR count). The van der Waals surface area contributed by atoms with Crippen LogP contribution in [0.25, 0.3) is 23.5 Å². The number of nitrogens with zero attached hydrogens (tertiary/aromatic N) is 1. The molecule has 0 fully saturated rings. The van der Waals surface area contributed by atoms with Crippen LogP contribution in [0.15, 0.2) is 61.2 Å². The van der Waals surface area contributed by atoms with Gasteiger partial charge in [0.1, 0.15) is 5.82 Å². The highest BCUT2D eigenvalue weighted by molar-refractivity contribution is 5.60. The Morgan fingerprint density at radius 1 is 1.07 bits per heavy atom. The summed E-state index contributed by atoms with van der Waals surface area (Å²) in [5.41, 5.74) is 3.13. The van der Waals surface area contributed by atoms with Crippen LogP contribution in [0.1, 0.15) is 41.5 Å². The van der Waals surface area contributed by atoms with Crippen LogP contribution in [0.2, 0.25) is 0 Å². The fourth-order valence-corrected chi connectivity index (χ4v) is 2.20. The molecular formula is C24H35N3. The Hall–Kier alpha value is -2.81. The maximum absolute atomic E-state index is 4.61. The molecule has 0 aliphatic carbocycles. The van der Waals surface area contributed by atoms with Crippen molar-refractivity contribution in [2.45, 2.75) is 41.5 Å². The van der Waals surface area contributed by atoms with Crippen molar-refractivity contribution in [3.05, 3.63) is 71.9 Å². The second kappa shape index (κ2) is 14.4. The van der Waals surface area contributed by atoms with Gasteiger partial charge in [-0.2, -0.15) is 0 Å². The highest BCUT2D eigenvalue weighted by Gasteiger charge is 2.02. The van der Waals surface area contributed by atoms with Gasteiger partial charge in [-0.1, -0.05) is 71.2 Å². The van der Waals surface area contributed by atoms with Gasteiger partial charge in [0.15, 0.2) is 0 Å². The molecule has 0 aliphatic heterocycles. The Morgan fingerprint density at radius 2 is 1.70 bits per heavy atom. The van der Waals surface area contributed by atoms with Crippen LogP contribution in [-0.2, 0) is 0 Å². The molecule has 1 aromatic heterocycles. The van der Waals surface area contributed by atoms with Crippen molar-refractivity contribution >= 4 is 17.8 Å². The predicted molar refractivity (Wildman–Crippen MR) is 123 cm³/mol. The monoisotopic (exact) mass is 365 g/mol. The smallest absolute Gasteiger partial charge is 0.138 e. The summed E-state index contributed by atoms with van der Waals surface area (Å²) in [5.74, 6) is 0.885. The van der Waals surface area contributed by atoms with Crippen molar-refractivity contribution in [3.63, 3.8) is 0 Å². The van der Waals surface area contributed by atoms with Crippen molar-refractivity contribution in [1.82, 2.24) is 9.97 Å². The van der Waals surface area contributed by atoms with Gasteiger partial charge in [-0.15, -0.1) is 0 Å². The van der Waals surface area contributed by atoms with Gasteiger partial charge in [-0.3, -0.25) is 0 Å². The molecule has 0 radical (unpaired) electrons. The molecule has 3 nitrogen and oxygen atoms in total. The maximum atomic E-state index is 4.61. The van der Waals surface area contributed by atoms with Gasteiger partial charge in [0.2, 0.25) is 0 Å². The Morgan fingerprint density at radius 3 is 2.19 bits per heavy atom. The Balaban J connectivity index is 0.00000158. The van der Waals surface area contributed by atoms with E-state index in [4.69, 9.17) is 0 Å². The van der Waals surface area contributed by atoms with Crippen LogP contribution in [0, 0.1) is 0 Å². The van der Waals surface area contributed by atoms with Crippen molar-refractivity contribution in [1.29, 1.82) is 0 Å². The van der Waals surface area contributed by atoms with E-state index in [9.17, 15) is 0 Å². The van der Waals surface area contributed by atoms with Gasteiger partial charge < -0.3 is 10.3 Å². The summed E-state index contributed by atoms with van der Waals surface area (Å²) in [6.45, 7) is 20.3. The number of rotatable bonds is 6. The normalized spacial score (nSPS) is 11.3. The van der Waals surface area contributed by atoms with E-state index in [1.807, 2.05) is 78.0 Å². The van der Waals surface area contributed by atoms with Crippen LogP contribution in [0.4, 0.5) is 5.69 Å². The van der Waals surface area contributed by atoms with Gasteiger partial charge >= 0.3 is 0 Å². The largest absolute Gasteiger partial charge is 0.381 e. The van der Waals surface area contributed by atoms with E-state index < -0.39 is 0 Å². The lowest BCUT2D eigenvalue weighted by Gasteiger charge is -2.06. The molecule has 2 N–H and O–H groups in total. The lowest BCUT2D eigenvalue weighted by molar-refractivity contribution is 1.26. The van der Waals surface area contributed by atoms with Crippen molar-refractivity contribution in [2.75, 3.05) is 11.9 Å². The molecule has 0 bridgehead atoms. The number of aromatic nitrogens is 2. The first-order chi connectivity index (χ1) is 13.2. The van der Waals surface area contributed by atoms with Crippen LogP contribution in [-0.4, -0.2) is 16.5 Å². The minimum atomic E-state index is 0.703. The summed E-state index contributed by atoms with van der Waals surface area (Å²) in [7, 11) is 0. The molecule has 0 saturated heterocycles. The summed E-state index contributed by atoms with van der Waals surface area (Å²) in [4.78, 5) is 7.95. The Labute approximate surface area is 165 Å². The first-order valence-electron chi connectivity index (χ1n) is 9.67. The molecule has 1 aromatic carbocycles. The standard InChI is InChI=1S/C20H23N3.2C2H6/c1-5-8-9-15(4)14-21-17-12-10-16(11-13-17)20-22-18(6-2)19(7-3)23-20;2*1-2/h5-13,21H,1,4,14H2,2-3H3,(H,22,23);2*1-2H3/b9-8-,18-6+,19-7+;;. The second-order valence-electron chi connectivity index (χ2n) is 5.15. The number of nitrogens with one attached hydrogen (secondary N) is 2. The average molecular weight is 366 g/mol. The zero-order valence-electron chi connectivity index (χ0n) is 17.8. The summed E-state index contributed by atoms with van der Waals surface area (Å²) >= 11 is 0. The molecule has 0 unspecified atom stereocenters. The maximum Gasteiger partial charge on any atom is 0.138 e. The molecule has 3 heteroatoms. The third-order valence-electron chi connectivity index (χ3n) is 3.47. The molecule has 0 aliphatic rings. The molecule has 27 heavy (non-hydrogen) atoms. The summed E-state index contributed by atoms with van der Waals surface area (Å²) in [6.07, 6.45) is 9.61. The first-order valence-corrected chi connectivity index (χ1v) is 9.67. The summed E-state index contributed by atoms with van der Waals surface area (Å²) in [6, 6.07) is 8.21. The fourth-order valence-electron chi connectivity index (χ4n) is 2.20. The summed E-state index contributed by atoms with van der Waals surface area (Å²) in [5, 5.41) is 5.38. The third-order valence-corrected chi connectivity index (χ3v) is 3.47. The van der Waals surface area contributed by atoms with Crippen molar-refractivity contribution in [2.24, 2.45) is 0 Å². The Kier molecular flexibility index (Phi) is 12.9. The van der Waals surface area contributed by atoms with E-state index in [0.717, 1.165) is 33.3 Å². The minimum absolute atomic E-state index is 0.703. The number of imidazole rings is 1. The van der Waals surface area contributed by atoms with Crippen LogP contribution in [0.3, 0.4) is 0 Å². The second-order valence-corrected chi connectivity index (χ2v) is 5.15.